The molecule has 0 aliphatic carbocycles. The van der Waals surface area contributed by atoms with E-state index in [4.69, 9.17) is 23.4 Å². The topological polar surface area (TPSA) is 269 Å². The molecule has 10 atom stereocenters. The number of hydrogen-bond acceptors (Lipinski definition) is 16. The summed E-state index contributed by atoms with van der Waals surface area (Å²) in [4.78, 5) is 13.5. The molecule has 16 heteroatoms. The van der Waals surface area contributed by atoms with Crippen molar-refractivity contribution < 1.29 is 74.4 Å². The lowest BCUT2D eigenvalue weighted by atomic mass is 9.99. The van der Waals surface area contributed by atoms with Crippen LogP contribution in [0.5, 0.6) is 23.0 Å². The maximum Gasteiger partial charge on any atom is 0.229 e. The van der Waals surface area contributed by atoms with Crippen LogP contribution in [0.4, 0.5) is 0 Å². The highest BCUT2D eigenvalue weighted by atomic mass is 16.7. The Hall–Kier alpha value is -3.29. The molecule has 0 saturated carbocycles. The highest BCUT2D eigenvalue weighted by Crippen LogP contribution is 2.38. The first-order valence-corrected chi connectivity index (χ1v) is 12.4. The minimum absolute atomic E-state index is 0.165. The van der Waals surface area contributed by atoms with E-state index in [1.54, 1.807) is 0 Å². The van der Waals surface area contributed by atoms with Crippen LogP contribution in [0.3, 0.4) is 0 Å². The van der Waals surface area contributed by atoms with Gasteiger partial charge in [-0.05, 0) is 12.1 Å². The Balaban J connectivity index is 1.62. The summed E-state index contributed by atoms with van der Waals surface area (Å²) in [5, 5.41) is 99.7. The van der Waals surface area contributed by atoms with Crippen molar-refractivity contribution in [3.05, 3.63) is 34.5 Å². The van der Waals surface area contributed by atoms with E-state index in [2.05, 4.69) is 0 Å². The number of phenols is 2. The molecule has 41 heavy (non-hydrogen) atoms. The fourth-order valence-electron chi connectivity index (χ4n) is 4.73. The molecule has 2 saturated heterocycles. The largest absolute Gasteiger partial charge is 0.504 e. The number of fused-ring (bicyclic) bond motifs is 2. The summed E-state index contributed by atoms with van der Waals surface area (Å²) in [6, 6.07) is 4.48. The van der Waals surface area contributed by atoms with Gasteiger partial charge >= 0.3 is 0 Å². The third kappa shape index (κ3) is 5.04. The normalized spacial score (nSPS) is 34.1. The number of aliphatic hydroxyl groups excluding tert-OH is 8. The lowest BCUT2D eigenvalue weighted by Gasteiger charge is -2.40. The van der Waals surface area contributed by atoms with Gasteiger partial charge in [0.1, 0.15) is 82.3 Å². The third-order valence-corrected chi connectivity index (χ3v) is 7.02. The molecule has 1 aromatic heterocycles. The zero-order chi connectivity index (χ0) is 29.7. The second-order valence-electron chi connectivity index (χ2n) is 9.66. The van der Waals surface area contributed by atoms with Crippen LogP contribution in [-0.4, -0.2) is 126 Å². The standard InChI is InChI=1S/C25H28O16/c26-5-12-17(30)20(33)22(35)24(40-12)37-7-3-10-14(19(32)15-9(38-10)2-1-8(28)16(15)29)11(4-7)39-25-23(36)21(34)18(31)13(6-27)41-25/h1-4,12-13,17-18,20-31,33-36H,5-6H2. The molecule has 0 radical (unpaired) electrons. The number of phenolic OH excluding ortho intramolecular Hbond substituents is 2. The Morgan fingerprint density at radius 1 is 0.683 bits per heavy atom. The molecule has 10 N–H and O–H groups in total. The van der Waals surface area contributed by atoms with Gasteiger partial charge in [-0.15, -0.1) is 0 Å². The maximum atomic E-state index is 13.5. The molecule has 2 fully saturated rings. The minimum Gasteiger partial charge on any atom is -0.504 e. The van der Waals surface area contributed by atoms with Crippen LogP contribution in [0.15, 0.2) is 33.5 Å². The summed E-state index contributed by atoms with van der Waals surface area (Å²) < 4.78 is 27.8. The summed E-state index contributed by atoms with van der Waals surface area (Å²) in [5.41, 5.74) is -1.32. The number of benzene rings is 2. The fraction of sp³-hybridized carbons (Fsp3) is 0.480. The predicted octanol–water partition coefficient (Wildman–Crippen LogP) is -3.29. The quantitative estimate of drug-likeness (QED) is 0.100. The van der Waals surface area contributed by atoms with Crippen LogP contribution >= 0.6 is 0 Å². The molecule has 2 aliphatic heterocycles. The van der Waals surface area contributed by atoms with E-state index >= 15 is 0 Å². The van der Waals surface area contributed by atoms with Crippen LogP contribution in [0, 0.1) is 0 Å². The van der Waals surface area contributed by atoms with Crippen molar-refractivity contribution in [2.75, 3.05) is 13.2 Å². The van der Waals surface area contributed by atoms with Gasteiger partial charge in [-0.3, -0.25) is 4.79 Å². The van der Waals surface area contributed by atoms with E-state index in [0.29, 0.717) is 0 Å². The van der Waals surface area contributed by atoms with Crippen molar-refractivity contribution in [2.24, 2.45) is 0 Å². The molecule has 0 bridgehead atoms. The second-order valence-corrected chi connectivity index (χ2v) is 9.66. The van der Waals surface area contributed by atoms with Crippen LogP contribution in [-0.2, 0) is 9.47 Å². The first-order chi connectivity index (χ1) is 19.5. The molecule has 10 unspecified atom stereocenters. The highest BCUT2D eigenvalue weighted by molar-refractivity contribution is 5.97. The third-order valence-electron chi connectivity index (χ3n) is 7.02. The lowest BCUT2D eigenvalue weighted by Crippen LogP contribution is -2.60. The van der Waals surface area contributed by atoms with Gasteiger partial charge in [0.2, 0.25) is 18.0 Å². The molecule has 2 aromatic carbocycles. The molecule has 3 heterocycles. The van der Waals surface area contributed by atoms with Crippen molar-refractivity contribution in [1.82, 2.24) is 0 Å². The number of aromatic hydroxyl groups is 2. The van der Waals surface area contributed by atoms with Crippen molar-refractivity contribution in [3.8, 4) is 23.0 Å². The summed E-state index contributed by atoms with van der Waals surface area (Å²) in [7, 11) is 0. The summed E-state index contributed by atoms with van der Waals surface area (Å²) in [6.07, 6.45) is -16.8. The number of rotatable bonds is 6. The predicted molar refractivity (Wildman–Crippen MR) is 132 cm³/mol. The molecule has 2 aliphatic rings. The molecular weight excluding hydrogens is 556 g/mol. The van der Waals surface area contributed by atoms with Crippen LogP contribution in [0.1, 0.15) is 0 Å². The van der Waals surface area contributed by atoms with Crippen molar-refractivity contribution in [2.45, 2.75) is 61.4 Å². The van der Waals surface area contributed by atoms with Gasteiger partial charge in [0.25, 0.3) is 0 Å². The number of ether oxygens (including phenoxy) is 4. The van der Waals surface area contributed by atoms with E-state index in [9.17, 15) is 55.9 Å². The van der Waals surface area contributed by atoms with E-state index in [1.807, 2.05) is 0 Å². The van der Waals surface area contributed by atoms with Gasteiger partial charge in [-0.25, -0.2) is 0 Å². The average molecular weight is 584 g/mol. The summed E-state index contributed by atoms with van der Waals surface area (Å²) in [5.74, 6) is -2.08. The van der Waals surface area contributed by atoms with Gasteiger partial charge < -0.3 is 74.4 Å². The van der Waals surface area contributed by atoms with Crippen molar-refractivity contribution in [3.63, 3.8) is 0 Å². The molecule has 0 spiro atoms. The maximum absolute atomic E-state index is 13.5. The van der Waals surface area contributed by atoms with Gasteiger partial charge in [-0.2, -0.15) is 0 Å². The Kier molecular flexibility index (Phi) is 7.96. The van der Waals surface area contributed by atoms with E-state index in [1.165, 1.54) is 6.07 Å². The molecule has 224 valence electrons. The average Bonchev–Trinajstić information content (AvgIpc) is 2.95. The second kappa shape index (κ2) is 11.2. The Morgan fingerprint density at radius 3 is 1.80 bits per heavy atom. The monoisotopic (exact) mass is 584 g/mol. The van der Waals surface area contributed by atoms with Gasteiger partial charge in [-0.1, -0.05) is 0 Å². The fourth-order valence-corrected chi connectivity index (χ4v) is 4.73. The minimum atomic E-state index is -1.89. The zero-order valence-electron chi connectivity index (χ0n) is 20.9. The molecule has 16 nitrogen and oxygen atoms in total. The number of hydrogen-bond donors (Lipinski definition) is 10. The van der Waals surface area contributed by atoms with Gasteiger partial charge in [0.15, 0.2) is 11.5 Å². The van der Waals surface area contributed by atoms with E-state index in [-0.39, 0.29) is 22.3 Å². The molecule has 0 amide bonds. The molecule has 5 rings (SSSR count). The van der Waals surface area contributed by atoms with Crippen LogP contribution in [0.25, 0.3) is 21.9 Å². The highest BCUT2D eigenvalue weighted by Gasteiger charge is 2.46. The van der Waals surface area contributed by atoms with Gasteiger partial charge in [0, 0.05) is 12.1 Å². The van der Waals surface area contributed by atoms with Gasteiger partial charge in [0.05, 0.1) is 13.2 Å². The van der Waals surface area contributed by atoms with Crippen LogP contribution in [0.2, 0.25) is 0 Å². The Morgan fingerprint density at radius 2 is 1.24 bits per heavy atom. The molecular formula is C25H28O16. The Labute approximate surface area is 229 Å². The first kappa shape index (κ1) is 29.2. The zero-order valence-corrected chi connectivity index (χ0v) is 20.9. The van der Waals surface area contributed by atoms with E-state index < -0.39 is 103 Å². The van der Waals surface area contributed by atoms with Crippen LogP contribution < -0.4 is 14.9 Å². The van der Waals surface area contributed by atoms with E-state index in [0.717, 1.165) is 18.2 Å². The molecule has 3 aromatic rings. The SMILES string of the molecule is O=c1c2c(OC3OC(CO)C(O)C(O)C3O)cc(OC3OC(CO)C(O)C(O)C3O)cc2oc2ccc(O)c(O)c12. The smallest absolute Gasteiger partial charge is 0.229 e. The van der Waals surface area contributed by atoms with Crippen molar-refractivity contribution in [1.29, 1.82) is 0 Å². The summed E-state index contributed by atoms with van der Waals surface area (Å²) >= 11 is 0. The number of aliphatic hydroxyl groups is 8. The summed E-state index contributed by atoms with van der Waals surface area (Å²) in [6.45, 7) is -1.50. The first-order valence-electron chi connectivity index (χ1n) is 12.4. The Bertz CT molecular complexity index is 1470. The van der Waals surface area contributed by atoms with Crippen molar-refractivity contribution >= 4 is 21.9 Å². The lowest BCUT2D eigenvalue weighted by molar-refractivity contribution is -0.278.